The molecule has 0 amide bonds. The molecule has 19 heavy (non-hydrogen) atoms. The molecule has 4 heteroatoms. The van der Waals surface area contributed by atoms with Crippen LogP contribution in [0.5, 0.6) is 0 Å². The lowest BCUT2D eigenvalue weighted by Crippen LogP contribution is -2.38. The van der Waals surface area contributed by atoms with Gasteiger partial charge in [-0.2, -0.15) is 0 Å². The molecule has 0 bridgehead atoms. The third kappa shape index (κ3) is 3.01. The summed E-state index contributed by atoms with van der Waals surface area (Å²) in [6.07, 6.45) is 4.96. The van der Waals surface area contributed by atoms with Crippen molar-refractivity contribution in [2.75, 3.05) is 7.11 Å². The van der Waals surface area contributed by atoms with E-state index in [0.717, 1.165) is 38.5 Å². The molecular formula is C15H20BrFO2. The van der Waals surface area contributed by atoms with Crippen LogP contribution in [-0.4, -0.2) is 17.8 Å². The SMILES string of the molecule is COC1(C(O)c2cccc(Br)c2F)CCCCCC1. The highest BCUT2D eigenvalue weighted by atomic mass is 79.9. The van der Waals surface area contributed by atoms with Crippen molar-refractivity contribution in [3.8, 4) is 0 Å². The van der Waals surface area contributed by atoms with Gasteiger partial charge < -0.3 is 9.84 Å². The van der Waals surface area contributed by atoms with Gasteiger partial charge in [0, 0.05) is 12.7 Å². The number of benzene rings is 1. The number of aliphatic hydroxyl groups is 1. The summed E-state index contributed by atoms with van der Waals surface area (Å²) in [5.74, 6) is -0.393. The summed E-state index contributed by atoms with van der Waals surface area (Å²) in [5, 5.41) is 10.6. The van der Waals surface area contributed by atoms with Gasteiger partial charge in [0.25, 0.3) is 0 Å². The second kappa shape index (κ2) is 6.33. The summed E-state index contributed by atoms with van der Waals surface area (Å²) in [4.78, 5) is 0. The minimum absolute atomic E-state index is 0.318. The van der Waals surface area contributed by atoms with Crippen LogP contribution in [0.25, 0.3) is 0 Å². The minimum Gasteiger partial charge on any atom is -0.385 e. The maximum atomic E-state index is 14.2. The van der Waals surface area contributed by atoms with Crippen LogP contribution in [0, 0.1) is 5.82 Å². The van der Waals surface area contributed by atoms with E-state index in [9.17, 15) is 9.50 Å². The Bertz CT molecular complexity index is 428. The van der Waals surface area contributed by atoms with Crippen LogP contribution in [0.15, 0.2) is 22.7 Å². The van der Waals surface area contributed by atoms with Crippen LogP contribution in [0.3, 0.4) is 0 Å². The third-order valence-electron chi connectivity index (χ3n) is 4.13. The first-order valence-corrected chi connectivity index (χ1v) is 7.57. The molecule has 1 unspecified atom stereocenters. The molecule has 0 aliphatic heterocycles. The summed E-state index contributed by atoms with van der Waals surface area (Å²) in [5.41, 5.74) is -0.337. The van der Waals surface area contributed by atoms with Crippen LogP contribution in [0.4, 0.5) is 4.39 Å². The first kappa shape index (κ1) is 14.9. The number of hydrogen-bond acceptors (Lipinski definition) is 2. The van der Waals surface area contributed by atoms with Crippen molar-refractivity contribution in [3.05, 3.63) is 34.1 Å². The molecule has 2 nitrogen and oxygen atoms in total. The van der Waals surface area contributed by atoms with Gasteiger partial charge in [-0.15, -0.1) is 0 Å². The first-order chi connectivity index (χ1) is 9.10. The van der Waals surface area contributed by atoms with E-state index < -0.39 is 17.5 Å². The lowest BCUT2D eigenvalue weighted by atomic mass is 9.84. The van der Waals surface area contributed by atoms with Gasteiger partial charge in [-0.3, -0.25) is 0 Å². The fourth-order valence-corrected chi connectivity index (χ4v) is 3.31. The van der Waals surface area contributed by atoms with Gasteiger partial charge in [0.1, 0.15) is 11.9 Å². The molecule has 1 fully saturated rings. The highest BCUT2D eigenvalue weighted by Gasteiger charge is 2.40. The molecule has 0 radical (unpaired) electrons. The molecule has 1 N–H and O–H groups in total. The molecule has 106 valence electrons. The monoisotopic (exact) mass is 330 g/mol. The number of ether oxygens (including phenoxy) is 1. The Kier molecular flexibility index (Phi) is 4.98. The van der Waals surface area contributed by atoms with E-state index >= 15 is 0 Å². The van der Waals surface area contributed by atoms with Gasteiger partial charge >= 0.3 is 0 Å². The normalized spacial score (nSPS) is 20.8. The Morgan fingerprint density at radius 3 is 2.47 bits per heavy atom. The molecule has 1 atom stereocenters. The quantitative estimate of drug-likeness (QED) is 0.834. The third-order valence-corrected chi connectivity index (χ3v) is 4.74. The van der Waals surface area contributed by atoms with Crippen molar-refractivity contribution >= 4 is 15.9 Å². The summed E-state index contributed by atoms with van der Waals surface area (Å²) in [7, 11) is 1.62. The smallest absolute Gasteiger partial charge is 0.143 e. The zero-order chi connectivity index (χ0) is 13.9. The topological polar surface area (TPSA) is 29.5 Å². The summed E-state index contributed by atoms with van der Waals surface area (Å²) in [6, 6.07) is 5.01. The molecule has 0 aromatic heterocycles. The van der Waals surface area contributed by atoms with E-state index in [0.29, 0.717) is 10.0 Å². The van der Waals surface area contributed by atoms with Crippen molar-refractivity contribution in [1.82, 2.24) is 0 Å². The molecule has 1 aliphatic carbocycles. The highest BCUT2D eigenvalue weighted by Crippen LogP contribution is 2.41. The van der Waals surface area contributed by atoms with Gasteiger partial charge in [0.15, 0.2) is 0 Å². The predicted octanol–water partition coefficient (Wildman–Crippen LogP) is 4.36. The molecular weight excluding hydrogens is 311 g/mol. The average molecular weight is 331 g/mol. The van der Waals surface area contributed by atoms with Crippen molar-refractivity contribution in [3.63, 3.8) is 0 Å². The fourth-order valence-electron chi connectivity index (χ4n) is 2.93. The predicted molar refractivity (Wildman–Crippen MR) is 76.5 cm³/mol. The summed E-state index contributed by atoms with van der Waals surface area (Å²) < 4.78 is 20.2. The number of rotatable bonds is 3. The molecule has 1 aromatic rings. The average Bonchev–Trinajstić information content (AvgIpc) is 2.67. The Balaban J connectivity index is 2.34. The van der Waals surface area contributed by atoms with E-state index in [-0.39, 0.29) is 0 Å². The molecule has 0 saturated heterocycles. The Hall–Kier alpha value is -0.450. The van der Waals surface area contributed by atoms with E-state index in [1.165, 1.54) is 0 Å². The Morgan fingerprint density at radius 1 is 1.26 bits per heavy atom. The zero-order valence-electron chi connectivity index (χ0n) is 11.2. The van der Waals surface area contributed by atoms with Crippen molar-refractivity contribution < 1.29 is 14.2 Å². The lowest BCUT2D eigenvalue weighted by molar-refractivity contribution is -0.115. The van der Waals surface area contributed by atoms with Gasteiger partial charge in [-0.25, -0.2) is 4.39 Å². The largest absolute Gasteiger partial charge is 0.385 e. The van der Waals surface area contributed by atoms with Crippen LogP contribution < -0.4 is 0 Å². The van der Waals surface area contributed by atoms with Gasteiger partial charge in [0.05, 0.1) is 10.1 Å². The van der Waals surface area contributed by atoms with E-state index in [4.69, 9.17) is 4.74 Å². The van der Waals surface area contributed by atoms with Crippen LogP contribution in [0.1, 0.15) is 50.2 Å². The number of methoxy groups -OCH3 is 1. The van der Waals surface area contributed by atoms with Gasteiger partial charge in [-0.1, -0.05) is 37.8 Å². The second-order valence-electron chi connectivity index (χ2n) is 5.23. The maximum absolute atomic E-state index is 14.2. The summed E-state index contributed by atoms with van der Waals surface area (Å²) in [6.45, 7) is 0. The molecule has 1 aromatic carbocycles. The Morgan fingerprint density at radius 2 is 1.89 bits per heavy atom. The van der Waals surface area contributed by atoms with E-state index in [1.807, 2.05) is 0 Å². The van der Waals surface area contributed by atoms with Gasteiger partial charge in [-0.05, 0) is 34.8 Å². The first-order valence-electron chi connectivity index (χ1n) is 6.78. The number of halogens is 2. The molecule has 1 saturated carbocycles. The lowest BCUT2D eigenvalue weighted by Gasteiger charge is -2.36. The molecule has 0 spiro atoms. The standard InChI is InChI=1S/C15H20BrFO2/c1-19-15(9-4-2-3-5-10-15)14(18)11-7-6-8-12(16)13(11)17/h6-8,14,18H,2-5,9-10H2,1H3. The minimum atomic E-state index is -0.923. The fraction of sp³-hybridized carbons (Fsp3) is 0.600. The van der Waals surface area contributed by atoms with Crippen LogP contribution >= 0.6 is 15.9 Å². The van der Waals surface area contributed by atoms with E-state index in [2.05, 4.69) is 15.9 Å². The van der Waals surface area contributed by atoms with Gasteiger partial charge in [0.2, 0.25) is 0 Å². The van der Waals surface area contributed by atoms with E-state index in [1.54, 1.807) is 25.3 Å². The van der Waals surface area contributed by atoms with Crippen molar-refractivity contribution in [1.29, 1.82) is 0 Å². The Labute approximate surface area is 122 Å². The zero-order valence-corrected chi connectivity index (χ0v) is 12.7. The number of aliphatic hydroxyl groups excluding tert-OH is 1. The highest BCUT2D eigenvalue weighted by molar-refractivity contribution is 9.10. The van der Waals surface area contributed by atoms with Crippen molar-refractivity contribution in [2.45, 2.75) is 50.2 Å². The number of hydrogen-bond donors (Lipinski definition) is 1. The summed E-state index contributed by atoms with van der Waals surface area (Å²) >= 11 is 3.17. The second-order valence-corrected chi connectivity index (χ2v) is 6.08. The van der Waals surface area contributed by atoms with Crippen molar-refractivity contribution in [2.24, 2.45) is 0 Å². The van der Waals surface area contributed by atoms with Crippen LogP contribution in [-0.2, 0) is 4.74 Å². The maximum Gasteiger partial charge on any atom is 0.143 e. The molecule has 1 aliphatic rings. The van der Waals surface area contributed by atoms with Crippen LogP contribution in [0.2, 0.25) is 0 Å². The molecule has 2 rings (SSSR count). The molecule has 0 heterocycles.